The molecule has 0 aliphatic carbocycles. The minimum atomic E-state index is -1.02. The van der Waals surface area contributed by atoms with Crippen LogP contribution < -0.4 is 0 Å². The Bertz CT molecular complexity index is 193. The SMILES string of the molecule is COCC(C)N(CC(=O)O)C(C)=O. The summed E-state index contributed by atoms with van der Waals surface area (Å²) in [6.45, 7) is 3.15. The highest BCUT2D eigenvalue weighted by molar-refractivity contribution is 5.79. The number of methoxy groups -OCH3 is 1. The van der Waals surface area contributed by atoms with Crippen molar-refractivity contribution in [2.75, 3.05) is 20.3 Å². The van der Waals surface area contributed by atoms with E-state index in [0.717, 1.165) is 0 Å². The van der Waals surface area contributed by atoms with Crippen molar-refractivity contribution in [1.29, 1.82) is 0 Å². The second kappa shape index (κ2) is 5.53. The van der Waals surface area contributed by atoms with Gasteiger partial charge in [0.15, 0.2) is 0 Å². The summed E-state index contributed by atoms with van der Waals surface area (Å²) in [5.74, 6) is -1.27. The van der Waals surface area contributed by atoms with Gasteiger partial charge in [-0.2, -0.15) is 0 Å². The Kier molecular flexibility index (Phi) is 5.06. The first kappa shape index (κ1) is 11.9. The Morgan fingerprint density at radius 3 is 2.38 bits per heavy atom. The molecule has 1 atom stereocenters. The van der Waals surface area contributed by atoms with E-state index < -0.39 is 5.97 Å². The van der Waals surface area contributed by atoms with E-state index in [1.807, 2.05) is 0 Å². The third kappa shape index (κ3) is 4.47. The third-order valence-electron chi connectivity index (χ3n) is 1.65. The molecule has 13 heavy (non-hydrogen) atoms. The van der Waals surface area contributed by atoms with Crippen LogP contribution in [0.15, 0.2) is 0 Å². The molecule has 0 saturated heterocycles. The second-order valence-corrected chi connectivity index (χ2v) is 2.85. The van der Waals surface area contributed by atoms with Crippen LogP contribution in [-0.2, 0) is 14.3 Å². The zero-order valence-electron chi connectivity index (χ0n) is 8.11. The number of amides is 1. The number of aliphatic carboxylic acids is 1. The first-order valence-corrected chi connectivity index (χ1v) is 3.97. The van der Waals surface area contributed by atoms with Crippen molar-refractivity contribution in [2.24, 2.45) is 0 Å². The lowest BCUT2D eigenvalue weighted by Gasteiger charge is -2.25. The van der Waals surface area contributed by atoms with Crippen molar-refractivity contribution in [3.8, 4) is 0 Å². The van der Waals surface area contributed by atoms with Crippen LogP contribution in [0.2, 0.25) is 0 Å². The lowest BCUT2D eigenvalue weighted by Crippen LogP contribution is -2.42. The number of nitrogens with zero attached hydrogens (tertiary/aromatic N) is 1. The lowest BCUT2D eigenvalue weighted by molar-refractivity contribution is -0.145. The van der Waals surface area contributed by atoms with Gasteiger partial charge in [0.1, 0.15) is 6.54 Å². The largest absolute Gasteiger partial charge is 0.480 e. The van der Waals surface area contributed by atoms with Crippen LogP contribution in [0.4, 0.5) is 0 Å². The highest BCUT2D eigenvalue weighted by Gasteiger charge is 2.18. The maximum Gasteiger partial charge on any atom is 0.323 e. The highest BCUT2D eigenvalue weighted by atomic mass is 16.5. The Morgan fingerprint density at radius 1 is 1.54 bits per heavy atom. The normalized spacial score (nSPS) is 12.2. The molecule has 0 saturated carbocycles. The number of carbonyl (C=O) groups is 2. The van der Waals surface area contributed by atoms with Gasteiger partial charge in [-0.15, -0.1) is 0 Å². The standard InChI is InChI=1S/C8H15NO4/c1-6(5-13-3)9(7(2)10)4-8(11)12/h6H,4-5H2,1-3H3,(H,11,12). The lowest BCUT2D eigenvalue weighted by atomic mass is 10.3. The van der Waals surface area contributed by atoms with Crippen LogP contribution in [0, 0.1) is 0 Å². The summed E-state index contributed by atoms with van der Waals surface area (Å²) in [5, 5.41) is 8.52. The minimum Gasteiger partial charge on any atom is -0.480 e. The van der Waals surface area contributed by atoms with E-state index in [2.05, 4.69) is 0 Å². The van der Waals surface area contributed by atoms with E-state index in [9.17, 15) is 9.59 Å². The molecule has 0 aliphatic heterocycles. The molecule has 0 fully saturated rings. The highest BCUT2D eigenvalue weighted by Crippen LogP contribution is 1.99. The molecular formula is C8H15NO4. The Morgan fingerprint density at radius 2 is 2.08 bits per heavy atom. The minimum absolute atomic E-state index is 0.210. The Hall–Kier alpha value is -1.10. The van der Waals surface area contributed by atoms with Crippen LogP contribution in [-0.4, -0.2) is 48.2 Å². The summed E-state index contributed by atoms with van der Waals surface area (Å²) in [4.78, 5) is 22.6. The van der Waals surface area contributed by atoms with Crippen molar-refractivity contribution in [3.05, 3.63) is 0 Å². The molecule has 0 aromatic carbocycles. The van der Waals surface area contributed by atoms with E-state index in [1.165, 1.54) is 18.9 Å². The van der Waals surface area contributed by atoms with Gasteiger partial charge in [0.05, 0.1) is 12.6 Å². The molecule has 0 spiro atoms. The average molecular weight is 189 g/mol. The number of hydrogen-bond donors (Lipinski definition) is 1. The van der Waals surface area contributed by atoms with Gasteiger partial charge in [0, 0.05) is 14.0 Å². The number of carbonyl (C=O) groups excluding carboxylic acids is 1. The van der Waals surface area contributed by atoms with E-state index in [4.69, 9.17) is 9.84 Å². The van der Waals surface area contributed by atoms with Crippen molar-refractivity contribution in [1.82, 2.24) is 4.90 Å². The fourth-order valence-corrected chi connectivity index (χ4v) is 1.05. The predicted octanol–water partition coefficient (Wildman–Crippen LogP) is -0.0456. The van der Waals surface area contributed by atoms with Crippen molar-refractivity contribution in [3.63, 3.8) is 0 Å². The van der Waals surface area contributed by atoms with E-state index in [0.29, 0.717) is 6.61 Å². The molecule has 0 aliphatic rings. The molecular weight excluding hydrogens is 174 g/mol. The molecule has 0 rings (SSSR count). The van der Waals surface area contributed by atoms with E-state index in [-0.39, 0.29) is 18.5 Å². The number of carboxylic acid groups (broad SMARTS) is 1. The zero-order valence-corrected chi connectivity index (χ0v) is 8.11. The van der Waals surface area contributed by atoms with Gasteiger partial charge in [-0.1, -0.05) is 0 Å². The van der Waals surface area contributed by atoms with Crippen LogP contribution in [0.5, 0.6) is 0 Å². The monoisotopic (exact) mass is 189 g/mol. The molecule has 1 N–H and O–H groups in total. The van der Waals surface area contributed by atoms with Crippen LogP contribution in [0.3, 0.4) is 0 Å². The van der Waals surface area contributed by atoms with E-state index in [1.54, 1.807) is 6.92 Å². The summed E-state index contributed by atoms with van der Waals surface area (Å²) in [7, 11) is 1.51. The third-order valence-corrected chi connectivity index (χ3v) is 1.65. The number of carboxylic acids is 1. The van der Waals surface area contributed by atoms with Crippen molar-refractivity contribution in [2.45, 2.75) is 19.9 Å². The fourth-order valence-electron chi connectivity index (χ4n) is 1.05. The maximum absolute atomic E-state index is 11.0. The molecule has 0 heterocycles. The molecule has 5 heteroatoms. The van der Waals surface area contributed by atoms with Crippen molar-refractivity contribution < 1.29 is 19.4 Å². The fraction of sp³-hybridized carbons (Fsp3) is 0.750. The van der Waals surface area contributed by atoms with Gasteiger partial charge < -0.3 is 14.7 Å². The van der Waals surface area contributed by atoms with Gasteiger partial charge in [-0.05, 0) is 6.92 Å². The topological polar surface area (TPSA) is 66.8 Å². The van der Waals surface area contributed by atoms with Crippen LogP contribution in [0.25, 0.3) is 0 Å². The first-order valence-electron chi connectivity index (χ1n) is 3.97. The Balaban J connectivity index is 4.23. The van der Waals surface area contributed by atoms with Gasteiger partial charge in [-0.3, -0.25) is 9.59 Å². The molecule has 1 unspecified atom stereocenters. The maximum atomic E-state index is 11.0. The van der Waals surface area contributed by atoms with Crippen LogP contribution >= 0.6 is 0 Å². The molecule has 0 bridgehead atoms. The number of ether oxygens (including phenoxy) is 1. The summed E-state index contributed by atoms with van der Waals surface area (Å²) in [6.07, 6.45) is 0. The summed E-state index contributed by atoms with van der Waals surface area (Å²) in [5.41, 5.74) is 0. The van der Waals surface area contributed by atoms with Crippen molar-refractivity contribution >= 4 is 11.9 Å². The number of hydrogen-bond acceptors (Lipinski definition) is 3. The van der Waals surface area contributed by atoms with Gasteiger partial charge in [-0.25, -0.2) is 0 Å². The molecule has 5 nitrogen and oxygen atoms in total. The summed E-state index contributed by atoms with van der Waals surface area (Å²) in [6, 6.07) is -0.210. The average Bonchev–Trinajstić information content (AvgIpc) is 1.99. The van der Waals surface area contributed by atoms with Gasteiger partial charge in [0.25, 0.3) is 0 Å². The zero-order chi connectivity index (χ0) is 10.4. The molecule has 0 radical (unpaired) electrons. The predicted molar refractivity (Wildman–Crippen MR) is 46.4 cm³/mol. The summed E-state index contributed by atoms with van der Waals surface area (Å²) < 4.78 is 4.83. The molecule has 1 amide bonds. The first-order chi connectivity index (χ1) is 5.99. The van der Waals surface area contributed by atoms with Gasteiger partial charge in [0.2, 0.25) is 5.91 Å². The molecule has 0 aromatic rings. The summed E-state index contributed by atoms with van der Waals surface area (Å²) >= 11 is 0. The van der Waals surface area contributed by atoms with E-state index >= 15 is 0 Å². The number of rotatable bonds is 5. The van der Waals surface area contributed by atoms with Crippen LogP contribution in [0.1, 0.15) is 13.8 Å². The smallest absolute Gasteiger partial charge is 0.323 e. The Labute approximate surface area is 77.3 Å². The van der Waals surface area contributed by atoms with Gasteiger partial charge >= 0.3 is 5.97 Å². The second-order valence-electron chi connectivity index (χ2n) is 2.85. The molecule has 0 aromatic heterocycles. The quantitative estimate of drug-likeness (QED) is 0.658. The molecule has 76 valence electrons.